The summed E-state index contributed by atoms with van der Waals surface area (Å²) in [4.78, 5) is 37.9. The molecule has 0 bridgehead atoms. The van der Waals surface area contributed by atoms with E-state index in [9.17, 15) is 14.4 Å². The van der Waals surface area contributed by atoms with E-state index in [0.29, 0.717) is 18.7 Å². The van der Waals surface area contributed by atoms with Crippen molar-refractivity contribution in [3.63, 3.8) is 0 Å². The van der Waals surface area contributed by atoms with Crippen molar-refractivity contribution in [2.45, 2.75) is 31.7 Å². The SMILES string of the molecule is O=C(O)CN(C(=O)COc1cccc(N2CCCC2=O)c1)C1CC1. The van der Waals surface area contributed by atoms with E-state index in [0.717, 1.165) is 24.9 Å². The number of amides is 2. The molecule has 7 nitrogen and oxygen atoms in total. The third-order valence-electron chi connectivity index (χ3n) is 4.18. The van der Waals surface area contributed by atoms with Crippen LogP contribution in [0.25, 0.3) is 0 Å². The summed E-state index contributed by atoms with van der Waals surface area (Å²) in [6, 6.07) is 7.08. The van der Waals surface area contributed by atoms with E-state index in [2.05, 4.69) is 0 Å². The number of hydrogen-bond donors (Lipinski definition) is 1. The summed E-state index contributed by atoms with van der Waals surface area (Å²) >= 11 is 0. The molecule has 1 aliphatic carbocycles. The maximum atomic E-state index is 12.2. The molecule has 1 saturated carbocycles. The number of carbonyl (C=O) groups is 3. The third-order valence-corrected chi connectivity index (χ3v) is 4.18. The molecule has 1 heterocycles. The van der Waals surface area contributed by atoms with Gasteiger partial charge in [0.15, 0.2) is 6.61 Å². The van der Waals surface area contributed by atoms with Crippen molar-refractivity contribution < 1.29 is 24.2 Å². The Morgan fingerprint density at radius 2 is 2.12 bits per heavy atom. The van der Waals surface area contributed by atoms with Crippen LogP contribution in [0.3, 0.4) is 0 Å². The highest BCUT2D eigenvalue weighted by Gasteiger charge is 2.34. The van der Waals surface area contributed by atoms with Gasteiger partial charge in [-0.1, -0.05) is 6.07 Å². The Balaban J connectivity index is 1.60. The van der Waals surface area contributed by atoms with Crippen LogP contribution >= 0.6 is 0 Å². The Hall–Kier alpha value is -2.57. The largest absolute Gasteiger partial charge is 0.484 e. The fourth-order valence-electron chi connectivity index (χ4n) is 2.84. The van der Waals surface area contributed by atoms with Crippen molar-refractivity contribution >= 4 is 23.5 Å². The highest BCUT2D eigenvalue weighted by atomic mass is 16.5. The quantitative estimate of drug-likeness (QED) is 0.812. The van der Waals surface area contributed by atoms with Gasteiger partial charge in [-0.15, -0.1) is 0 Å². The molecule has 2 amide bonds. The number of ether oxygens (including phenoxy) is 1. The summed E-state index contributed by atoms with van der Waals surface area (Å²) in [5.41, 5.74) is 0.757. The lowest BCUT2D eigenvalue weighted by Crippen LogP contribution is -2.40. The Labute approximate surface area is 139 Å². The Bertz CT molecular complexity index is 656. The fraction of sp³-hybridized carbons (Fsp3) is 0.471. The van der Waals surface area contributed by atoms with Crippen molar-refractivity contribution in [3.8, 4) is 5.75 Å². The molecule has 128 valence electrons. The lowest BCUT2D eigenvalue weighted by molar-refractivity contribution is -0.145. The van der Waals surface area contributed by atoms with Crippen LogP contribution in [0.1, 0.15) is 25.7 Å². The minimum atomic E-state index is -1.02. The van der Waals surface area contributed by atoms with Crippen LogP contribution in [0.5, 0.6) is 5.75 Å². The van der Waals surface area contributed by atoms with Crippen LogP contribution in [0.2, 0.25) is 0 Å². The maximum absolute atomic E-state index is 12.2. The first kappa shape index (κ1) is 16.3. The van der Waals surface area contributed by atoms with Crippen LogP contribution in [0, 0.1) is 0 Å². The standard InChI is InChI=1S/C17H20N2O5/c20-15-5-2-8-18(15)13-3-1-4-14(9-13)24-11-16(21)19(10-17(22)23)12-6-7-12/h1,3-4,9,12H,2,5-8,10-11H2,(H,22,23). The number of aliphatic carboxylic acids is 1. The smallest absolute Gasteiger partial charge is 0.323 e. The average Bonchev–Trinajstić information content (AvgIpc) is 3.31. The van der Waals surface area contributed by atoms with Gasteiger partial charge >= 0.3 is 5.97 Å². The molecular weight excluding hydrogens is 312 g/mol. The highest BCUT2D eigenvalue weighted by Crippen LogP contribution is 2.28. The zero-order valence-corrected chi connectivity index (χ0v) is 13.3. The number of benzene rings is 1. The van der Waals surface area contributed by atoms with Crippen molar-refractivity contribution in [2.75, 3.05) is 24.6 Å². The molecule has 1 aliphatic heterocycles. The molecule has 2 fully saturated rings. The lowest BCUT2D eigenvalue weighted by atomic mass is 10.3. The molecule has 1 aromatic rings. The average molecular weight is 332 g/mol. The first-order valence-electron chi connectivity index (χ1n) is 8.09. The summed E-state index contributed by atoms with van der Waals surface area (Å²) in [5, 5.41) is 8.91. The van der Waals surface area contributed by atoms with Gasteiger partial charge in [0, 0.05) is 30.8 Å². The summed E-state index contributed by atoms with van der Waals surface area (Å²) in [6.07, 6.45) is 3.07. The van der Waals surface area contributed by atoms with Crippen LogP contribution in [0.4, 0.5) is 5.69 Å². The molecule has 2 aliphatic rings. The van der Waals surface area contributed by atoms with Crippen LogP contribution in [-0.4, -0.2) is 53.5 Å². The molecule has 1 aromatic carbocycles. The second-order valence-electron chi connectivity index (χ2n) is 6.08. The van der Waals surface area contributed by atoms with Gasteiger partial charge in [-0.2, -0.15) is 0 Å². The normalized spacial score (nSPS) is 17.0. The van der Waals surface area contributed by atoms with E-state index in [1.165, 1.54) is 4.90 Å². The molecule has 0 aromatic heterocycles. The Morgan fingerprint density at radius 1 is 1.33 bits per heavy atom. The van der Waals surface area contributed by atoms with Gasteiger partial charge in [-0.3, -0.25) is 14.4 Å². The maximum Gasteiger partial charge on any atom is 0.323 e. The summed E-state index contributed by atoms with van der Waals surface area (Å²) < 4.78 is 5.52. The monoisotopic (exact) mass is 332 g/mol. The van der Waals surface area contributed by atoms with Gasteiger partial charge in [0.05, 0.1) is 0 Å². The van der Waals surface area contributed by atoms with E-state index in [4.69, 9.17) is 9.84 Å². The van der Waals surface area contributed by atoms with Gasteiger partial charge in [-0.05, 0) is 31.4 Å². The summed E-state index contributed by atoms with van der Waals surface area (Å²) in [6.45, 7) is 0.186. The topological polar surface area (TPSA) is 87.2 Å². The fourth-order valence-corrected chi connectivity index (χ4v) is 2.84. The third kappa shape index (κ3) is 3.84. The molecular formula is C17H20N2O5. The van der Waals surface area contributed by atoms with Gasteiger partial charge in [-0.25, -0.2) is 0 Å². The Kier molecular flexibility index (Phi) is 4.69. The number of rotatable bonds is 7. The Morgan fingerprint density at radius 3 is 2.75 bits per heavy atom. The number of hydrogen-bond acceptors (Lipinski definition) is 4. The molecule has 1 N–H and O–H groups in total. The van der Waals surface area contributed by atoms with Gasteiger partial charge in [0.2, 0.25) is 5.91 Å². The van der Waals surface area contributed by atoms with E-state index >= 15 is 0 Å². The second kappa shape index (κ2) is 6.90. The van der Waals surface area contributed by atoms with Gasteiger partial charge < -0.3 is 19.6 Å². The molecule has 3 rings (SSSR count). The second-order valence-corrected chi connectivity index (χ2v) is 6.08. The van der Waals surface area contributed by atoms with E-state index in [1.54, 1.807) is 23.1 Å². The molecule has 1 saturated heterocycles. The molecule has 0 atom stereocenters. The first-order valence-corrected chi connectivity index (χ1v) is 8.09. The predicted molar refractivity (Wildman–Crippen MR) is 85.9 cm³/mol. The number of carbonyl (C=O) groups excluding carboxylic acids is 2. The van der Waals surface area contributed by atoms with Gasteiger partial charge in [0.25, 0.3) is 5.91 Å². The van der Waals surface area contributed by atoms with Crippen molar-refractivity contribution in [1.82, 2.24) is 4.90 Å². The van der Waals surface area contributed by atoms with Crippen molar-refractivity contribution in [2.24, 2.45) is 0 Å². The van der Waals surface area contributed by atoms with Crippen LogP contribution in [0.15, 0.2) is 24.3 Å². The van der Waals surface area contributed by atoms with Crippen LogP contribution < -0.4 is 9.64 Å². The predicted octanol–water partition coefficient (Wildman–Crippen LogP) is 1.27. The minimum Gasteiger partial charge on any atom is -0.484 e. The lowest BCUT2D eigenvalue weighted by Gasteiger charge is -2.21. The summed E-state index contributed by atoms with van der Waals surface area (Å²) in [5.74, 6) is -0.774. The van der Waals surface area contributed by atoms with Crippen molar-refractivity contribution in [1.29, 1.82) is 0 Å². The summed E-state index contributed by atoms with van der Waals surface area (Å²) in [7, 11) is 0. The highest BCUT2D eigenvalue weighted by molar-refractivity contribution is 5.95. The van der Waals surface area contributed by atoms with E-state index in [1.807, 2.05) is 6.07 Å². The zero-order chi connectivity index (χ0) is 17.1. The molecule has 0 unspecified atom stereocenters. The molecule has 0 radical (unpaired) electrons. The number of anilines is 1. The molecule has 7 heteroatoms. The molecule has 0 spiro atoms. The molecule has 24 heavy (non-hydrogen) atoms. The van der Waals surface area contributed by atoms with Gasteiger partial charge in [0.1, 0.15) is 12.3 Å². The first-order chi connectivity index (χ1) is 11.5. The number of carboxylic acids is 1. The van der Waals surface area contributed by atoms with Crippen molar-refractivity contribution in [3.05, 3.63) is 24.3 Å². The van der Waals surface area contributed by atoms with E-state index < -0.39 is 5.97 Å². The van der Waals surface area contributed by atoms with Crippen LogP contribution in [-0.2, 0) is 14.4 Å². The van der Waals surface area contributed by atoms with E-state index in [-0.39, 0.29) is 31.0 Å². The number of carboxylic acid groups (broad SMARTS) is 1. The number of nitrogens with zero attached hydrogens (tertiary/aromatic N) is 2. The minimum absolute atomic E-state index is 0.0192. The zero-order valence-electron chi connectivity index (χ0n) is 13.3.